The van der Waals surface area contributed by atoms with Crippen molar-refractivity contribution < 1.29 is 9.21 Å². The lowest BCUT2D eigenvalue weighted by molar-refractivity contribution is 0.0885. The first-order chi connectivity index (χ1) is 12.0. The maximum Gasteiger partial charge on any atom is 0.287 e. The van der Waals surface area contributed by atoms with Crippen LogP contribution in [0, 0.1) is 31.6 Å². The molecule has 5 nitrogen and oxygen atoms in total. The maximum atomic E-state index is 12.5. The summed E-state index contributed by atoms with van der Waals surface area (Å²) in [6.07, 6.45) is 5.35. The molecule has 4 rings (SSSR count). The fourth-order valence-corrected chi connectivity index (χ4v) is 4.86. The van der Waals surface area contributed by atoms with Gasteiger partial charge in [-0.3, -0.25) is 9.48 Å². The van der Waals surface area contributed by atoms with Crippen molar-refractivity contribution in [3.05, 3.63) is 41.1 Å². The Balaban J connectivity index is 1.38. The average Bonchev–Trinajstić information content (AvgIpc) is 3.33. The largest absolute Gasteiger partial charge is 0.454 e. The standard InChI is InChI=1S/C20H27N3O2/c1-12-8-13(2)23(22-12)11-17-6-7-19(25-17)20(24)21-14(3)18-10-15-4-5-16(18)9-15/h6-8,14-16,18H,4-5,9-11H2,1-3H3,(H,21,24)/t14-,15-,16-,18+/m1/s1. The third kappa shape index (κ3) is 3.24. The molecular formula is C20H27N3O2. The zero-order chi connectivity index (χ0) is 17.6. The number of amides is 1. The molecule has 1 N–H and O–H groups in total. The number of carbonyl (C=O) groups is 1. The smallest absolute Gasteiger partial charge is 0.287 e. The van der Waals surface area contributed by atoms with Gasteiger partial charge in [0.15, 0.2) is 5.76 Å². The minimum atomic E-state index is -0.102. The molecule has 0 unspecified atom stereocenters. The summed E-state index contributed by atoms with van der Waals surface area (Å²) in [6.45, 7) is 6.69. The van der Waals surface area contributed by atoms with Crippen LogP contribution in [0.3, 0.4) is 0 Å². The van der Waals surface area contributed by atoms with Crippen LogP contribution >= 0.6 is 0 Å². The highest BCUT2D eigenvalue weighted by Gasteiger charge is 2.42. The minimum absolute atomic E-state index is 0.102. The van der Waals surface area contributed by atoms with Crippen molar-refractivity contribution in [1.82, 2.24) is 15.1 Å². The molecule has 0 saturated heterocycles. The van der Waals surface area contributed by atoms with Crippen LogP contribution in [-0.2, 0) is 6.54 Å². The van der Waals surface area contributed by atoms with Crippen LogP contribution in [0.15, 0.2) is 22.6 Å². The van der Waals surface area contributed by atoms with E-state index in [1.165, 1.54) is 25.7 Å². The van der Waals surface area contributed by atoms with Gasteiger partial charge in [0.2, 0.25) is 0 Å². The summed E-state index contributed by atoms with van der Waals surface area (Å²) in [5, 5.41) is 7.60. The topological polar surface area (TPSA) is 60.1 Å². The van der Waals surface area contributed by atoms with Crippen LogP contribution < -0.4 is 5.32 Å². The molecule has 2 fully saturated rings. The van der Waals surface area contributed by atoms with E-state index in [0.29, 0.717) is 18.2 Å². The molecule has 134 valence electrons. The highest BCUT2D eigenvalue weighted by atomic mass is 16.4. The van der Waals surface area contributed by atoms with Crippen LogP contribution in [-0.4, -0.2) is 21.7 Å². The number of furan rings is 1. The zero-order valence-electron chi connectivity index (χ0n) is 15.3. The van der Waals surface area contributed by atoms with E-state index in [-0.39, 0.29) is 11.9 Å². The molecular weight excluding hydrogens is 314 g/mol. The Kier molecular flexibility index (Phi) is 4.18. The molecule has 2 bridgehead atoms. The number of nitrogens with zero attached hydrogens (tertiary/aromatic N) is 2. The molecule has 25 heavy (non-hydrogen) atoms. The molecule has 0 spiro atoms. The van der Waals surface area contributed by atoms with Crippen LogP contribution in [0.25, 0.3) is 0 Å². The Bertz CT molecular complexity index is 776. The Morgan fingerprint density at radius 2 is 2.20 bits per heavy atom. The number of fused-ring (bicyclic) bond motifs is 2. The number of nitrogens with one attached hydrogen (secondary N) is 1. The predicted octanol–water partition coefficient (Wildman–Crippen LogP) is 3.70. The fourth-order valence-electron chi connectivity index (χ4n) is 4.86. The molecule has 0 aromatic carbocycles. The van der Waals surface area contributed by atoms with Gasteiger partial charge < -0.3 is 9.73 Å². The van der Waals surface area contributed by atoms with Gasteiger partial charge in [0.1, 0.15) is 5.76 Å². The Morgan fingerprint density at radius 3 is 2.84 bits per heavy atom. The summed E-state index contributed by atoms with van der Waals surface area (Å²) in [5.74, 6) is 3.38. The molecule has 0 radical (unpaired) electrons. The summed E-state index contributed by atoms with van der Waals surface area (Å²) < 4.78 is 7.66. The molecule has 2 heterocycles. The average molecular weight is 341 g/mol. The summed E-state index contributed by atoms with van der Waals surface area (Å²) in [7, 11) is 0. The van der Waals surface area contributed by atoms with E-state index < -0.39 is 0 Å². The van der Waals surface area contributed by atoms with E-state index in [9.17, 15) is 4.79 Å². The van der Waals surface area contributed by atoms with Crippen molar-refractivity contribution in [3.63, 3.8) is 0 Å². The number of aryl methyl sites for hydroxylation is 2. The maximum absolute atomic E-state index is 12.5. The Hall–Kier alpha value is -2.04. The molecule has 5 heteroatoms. The number of rotatable bonds is 5. The second-order valence-electron chi connectivity index (χ2n) is 7.95. The minimum Gasteiger partial charge on any atom is -0.454 e. The van der Waals surface area contributed by atoms with Gasteiger partial charge in [0.05, 0.1) is 12.2 Å². The first-order valence-corrected chi connectivity index (χ1v) is 9.40. The van der Waals surface area contributed by atoms with E-state index in [1.807, 2.05) is 30.7 Å². The molecule has 2 aliphatic carbocycles. The van der Waals surface area contributed by atoms with Crippen LogP contribution in [0.1, 0.15) is 60.3 Å². The summed E-state index contributed by atoms with van der Waals surface area (Å²) in [5.41, 5.74) is 2.08. The van der Waals surface area contributed by atoms with Crippen molar-refractivity contribution in [1.29, 1.82) is 0 Å². The van der Waals surface area contributed by atoms with Crippen molar-refractivity contribution in [2.24, 2.45) is 17.8 Å². The molecule has 0 aliphatic heterocycles. The normalized spacial score (nSPS) is 26.1. The predicted molar refractivity (Wildman–Crippen MR) is 95.4 cm³/mol. The summed E-state index contributed by atoms with van der Waals surface area (Å²) in [6, 6.07) is 5.89. The van der Waals surface area contributed by atoms with Gasteiger partial charge in [-0.1, -0.05) is 6.42 Å². The van der Waals surface area contributed by atoms with Crippen LogP contribution in [0.5, 0.6) is 0 Å². The van der Waals surface area contributed by atoms with Gasteiger partial charge in [-0.15, -0.1) is 0 Å². The lowest BCUT2D eigenvalue weighted by Crippen LogP contribution is -2.40. The van der Waals surface area contributed by atoms with E-state index >= 15 is 0 Å². The van der Waals surface area contributed by atoms with E-state index in [2.05, 4.69) is 17.3 Å². The summed E-state index contributed by atoms with van der Waals surface area (Å²) >= 11 is 0. The molecule has 1 amide bonds. The van der Waals surface area contributed by atoms with Gasteiger partial charge in [-0.05, 0) is 76.0 Å². The van der Waals surface area contributed by atoms with Crippen LogP contribution in [0.4, 0.5) is 0 Å². The first kappa shape index (κ1) is 16.4. The number of hydrogen-bond acceptors (Lipinski definition) is 3. The fraction of sp³-hybridized carbons (Fsp3) is 0.600. The highest BCUT2D eigenvalue weighted by molar-refractivity contribution is 5.91. The zero-order valence-corrected chi connectivity index (χ0v) is 15.3. The lowest BCUT2D eigenvalue weighted by Gasteiger charge is -2.28. The quantitative estimate of drug-likeness (QED) is 0.902. The number of carbonyl (C=O) groups excluding carboxylic acids is 1. The molecule has 2 aromatic heterocycles. The van der Waals surface area contributed by atoms with Crippen molar-refractivity contribution in [2.75, 3.05) is 0 Å². The second kappa shape index (κ2) is 6.36. The second-order valence-corrected chi connectivity index (χ2v) is 7.95. The summed E-state index contributed by atoms with van der Waals surface area (Å²) in [4.78, 5) is 12.5. The first-order valence-electron chi connectivity index (χ1n) is 9.40. The number of aromatic nitrogens is 2. The molecule has 4 atom stereocenters. The Labute approximate surface area is 148 Å². The monoisotopic (exact) mass is 341 g/mol. The lowest BCUT2D eigenvalue weighted by atomic mass is 9.84. The van der Waals surface area contributed by atoms with Gasteiger partial charge in [0, 0.05) is 11.7 Å². The SMILES string of the molecule is Cc1cc(C)n(Cc2ccc(C(=O)N[C@H](C)[C@@H]3C[C@@H]4CC[C@@H]3C4)o2)n1. The van der Waals surface area contributed by atoms with Gasteiger partial charge in [0.25, 0.3) is 5.91 Å². The van der Waals surface area contributed by atoms with E-state index in [0.717, 1.165) is 29.0 Å². The Morgan fingerprint density at radius 1 is 1.36 bits per heavy atom. The highest BCUT2D eigenvalue weighted by Crippen LogP contribution is 2.49. The molecule has 2 saturated carbocycles. The van der Waals surface area contributed by atoms with Crippen molar-refractivity contribution >= 4 is 5.91 Å². The van der Waals surface area contributed by atoms with Gasteiger partial charge in [-0.25, -0.2) is 0 Å². The number of hydrogen-bond donors (Lipinski definition) is 1. The van der Waals surface area contributed by atoms with E-state index in [4.69, 9.17) is 4.42 Å². The molecule has 2 aliphatic rings. The van der Waals surface area contributed by atoms with Gasteiger partial charge in [-0.2, -0.15) is 5.10 Å². The third-order valence-electron chi connectivity index (χ3n) is 6.09. The molecule has 2 aromatic rings. The van der Waals surface area contributed by atoms with Gasteiger partial charge >= 0.3 is 0 Å². The third-order valence-corrected chi connectivity index (χ3v) is 6.09. The van der Waals surface area contributed by atoms with Crippen LogP contribution in [0.2, 0.25) is 0 Å². The van der Waals surface area contributed by atoms with E-state index in [1.54, 1.807) is 6.07 Å². The van der Waals surface area contributed by atoms with Crippen molar-refractivity contribution in [2.45, 2.75) is 59.0 Å². The van der Waals surface area contributed by atoms with Crippen molar-refractivity contribution in [3.8, 4) is 0 Å².